The van der Waals surface area contributed by atoms with Crippen molar-refractivity contribution in [3.05, 3.63) is 0 Å². The third-order valence-electron chi connectivity index (χ3n) is 6.72. The molecule has 1 N–H and O–H groups in total. The van der Waals surface area contributed by atoms with Gasteiger partial charge in [-0.3, -0.25) is 10.1 Å². The van der Waals surface area contributed by atoms with E-state index in [1.165, 1.54) is 19.3 Å². The number of carbonyl (C=O) groups excluding carboxylic acids is 2. The minimum Gasteiger partial charge on any atom is -0.381 e. The molecule has 0 aromatic carbocycles. The molecule has 4 aliphatic rings. The van der Waals surface area contributed by atoms with Crippen LogP contribution in [0, 0.1) is 5.92 Å². The monoisotopic (exact) mass is 335 g/mol. The first-order chi connectivity index (χ1) is 11.7. The summed E-state index contributed by atoms with van der Waals surface area (Å²) in [5.41, 5.74) is -0.581. The number of urea groups is 1. The Kier molecular flexibility index (Phi) is 4.52. The van der Waals surface area contributed by atoms with Crippen molar-refractivity contribution in [2.45, 2.75) is 62.9 Å². The highest BCUT2D eigenvalue weighted by Crippen LogP contribution is 2.37. The summed E-state index contributed by atoms with van der Waals surface area (Å²) >= 11 is 0. The lowest BCUT2D eigenvalue weighted by Crippen LogP contribution is -2.58. The third-order valence-corrected chi connectivity index (χ3v) is 6.72. The highest BCUT2D eigenvalue weighted by atomic mass is 16.5. The van der Waals surface area contributed by atoms with Gasteiger partial charge in [0.25, 0.3) is 5.91 Å². The summed E-state index contributed by atoms with van der Waals surface area (Å²) < 4.78 is 5.42. The molecule has 3 aliphatic heterocycles. The quantitative estimate of drug-likeness (QED) is 0.795. The topological polar surface area (TPSA) is 61.9 Å². The van der Waals surface area contributed by atoms with Crippen LogP contribution in [0.4, 0.5) is 4.79 Å². The van der Waals surface area contributed by atoms with Crippen molar-refractivity contribution in [1.29, 1.82) is 0 Å². The van der Waals surface area contributed by atoms with E-state index in [9.17, 15) is 9.59 Å². The number of amides is 3. The van der Waals surface area contributed by atoms with Crippen molar-refractivity contribution in [1.82, 2.24) is 15.1 Å². The normalized spacial score (nSPS) is 29.1. The van der Waals surface area contributed by atoms with E-state index in [0.29, 0.717) is 12.5 Å². The number of imide groups is 1. The zero-order chi connectivity index (χ0) is 16.6. The first-order valence-electron chi connectivity index (χ1n) is 9.64. The molecule has 0 aromatic heterocycles. The molecule has 0 unspecified atom stereocenters. The average Bonchev–Trinajstić information content (AvgIpc) is 2.77. The van der Waals surface area contributed by atoms with Crippen molar-refractivity contribution in [3.63, 3.8) is 0 Å². The van der Waals surface area contributed by atoms with E-state index in [1.807, 2.05) is 4.90 Å². The van der Waals surface area contributed by atoms with Crippen molar-refractivity contribution < 1.29 is 14.3 Å². The Labute approximate surface area is 143 Å². The van der Waals surface area contributed by atoms with Gasteiger partial charge in [-0.25, -0.2) is 4.79 Å². The molecule has 4 fully saturated rings. The van der Waals surface area contributed by atoms with Gasteiger partial charge in [-0.2, -0.15) is 0 Å². The lowest BCUT2D eigenvalue weighted by Gasteiger charge is -2.47. The van der Waals surface area contributed by atoms with Gasteiger partial charge in [-0.1, -0.05) is 6.42 Å². The van der Waals surface area contributed by atoms with Crippen LogP contribution in [-0.4, -0.2) is 66.2 Å². The Balaban J connectivity index is 1.39. The van der Waals surface area contributed by atoms with E-state index >= 15 is 0 Å². The number of likely N-dealkylation sites (tertiary alicyclic amines) is 1. The lowest BCUT2D eigenvalue weighted by atomic mass is 9.82. The fourth-order valence-electron chi connectivity index (χ4n) is 4.77. The molecule has 6 nitrogen and oxygen atoms in total. The smallest absolute Gasteiger partial charge is 0.325 e. The highest BCUT2D eigenvalue weighted by Gasteiger charge is 2.54. The summed E-state index contributed by atoms with van der Waals surface area (Å²) in [5, 5.41) is 2.59. The maximum absolute atomic E-state index is 12.6. The van der Waals surface area contributed by atoms with E-state index in [4.69, 9.17) is 4.74 Å². The first kappa shape index (κ1) is 16.3. The molecule has 6 heteroatoms. The molecular weight excluding hydrogens is 306 g/mol. The molecule has 1 saturated carbocycles. The zero-order valence-electron chi connectivity index (χ0n) is 14.5. The fourth-order valence-corrected chi connectivity index (χ4v) is 4.77. The molecule has 0 bridgehead atoms. The van der Waals surface area contributed by atoms with E-state index in [-0.39, 0.29) is 11.9 Å². The van der Waals surface area contributed by atoms with E-state index in [0.717, 1.165) is 64.4 Å². The van der Waals surface area contributed by atoms with Crippen LogP contribution in [0.15, 0.2) is 0 Å². The minimum atomic E-state index is -0.581. The van der Waals surface area contributed by atoms with E-state index in [1.54, 1.807) is 0 Å². The number of nitrogens with zero attached hydrogens (tertiary/aromatic N) is 2. The molecule has 0 aromatic rings. The number of ether oxygens (including phenoxy) is 1. The van der Waals surface area contributed by atoms with Gasteiger partial charge >= 0.3 is 6.03 Å². The number of hydrogen-bond donors (Lipinski definition) is 1. The Bertz CT molecular complexity index is 492. The standard InChI is InChI=1S/C18H29N3O3/c22-16-18(7-10-20(11-8-18)15-2-1-3-15)21(17(23)19-16)9-4-14-5-12-24-13-6-14/h14-15H,1-13H2,(H,19,22,23). The lowest BCUT2D eigenvalue weighted by molar-refractivity contribution is -0.129. The number of carbonyl (C=O) groups is 2. The Morgan fingerprint density at radius 1 is 1.08 bits per heavy atom. The maximum Gasteiger partial charge on any atom is 0.325 e. The van der Waals surface area contributed by atoms with Crippen LogP contribution in [0.3, 0.4) is 0 Å². The molecule has 0 radical (unpaired) electrons. The van der Waals surface area contributed by atoms with Crippen LogP contribution in [-0.2, 0) is 9.53 Å². The molecule has 4 rings (SSSR count). The van der Waals surface area contributed by atoms with Gasteiger partial charge in [0, 0.05) is 38.9 Å². The SMILES string of the molecule is O=C1NC(=O)C2(CCN(C3CCC3)CC2)N1CCC1CCOCC1. The van der Waals surface area contributed by atoms with Crippen LogP contribution in [0.25, 0.3) is 0 Å². The minimum absolute atomic E-state index is 0.0623. The number of nitrogens with one attached hydrogen (secondary N) is 1. The van der Waals surface area contributed by atoms with Gasteiger partial charge in [0.1, 0.15) is 5.54 Å². The van der Waals surface area contributed by atoms with Crippen molar-refractivity contribution in [2.75, 3.05) is 32.8 Å². The molecule has 1 aliphatic carbocycles. The molecule has 1 spiro atoms. The predicted molar refractivity (Wildman–Crippen MR) is 89.6 cm³/mol. The van der Waals surface area contributed by atoms with Crippen LogP contribution >= 0.6 is 0 Å². The number of piperidine rings is 1. The second kappa shape index (κ2) is 6.64. The molecule has 3 amide bonds. The number of hydrogen-bond acceptors (Lipinski definition) is 4. The van der Waals surface area contributed by atoms with Gasteiger partial charge in [0.15, 0.2) is 0 Å². The third kappa shape index (κ3) is 2.84. The molecular formula is C18H29N3O3. The van der Waals surface area contributed by atoms with Gasteiger partial charge < -0.3 is 14.5 Å². The molecule has 3 saturated heterocycles. The Hall–Kier alpha value is -1.14. The van der Waals surface area contributed by atoms with Gasteiger partial charge in [0.2, 0.25) is 0 Å². The van der Waals surface area contributed by atoms with E-state index < -0.39 is 5.54 Å². The summed E-state index contributed by atoms with van der Waals surface area (Å²) in [7, 11) is 0. The van der Waals surface area contributed by atoms with E-state index in [2.05, 4.69) is 10.2 Å². The average molecular weight is 335 g/mol. The Morgan fingerprint density at radius 2 is 1.79 bits per heavy atom. The molecule has 3 heterocycles. The van der Waals surface area contributed by atoms with Crippen LogP contribution < -0.4 is 5.32 Å². The second-order valence-electron chi connectivity index (χ2n) is 7.91. The van der Waals surface area contributed by atoms with Gasteiger partial charge in [0.05, 0.1) is 0 Å². The Morgan fingerprint density at radius 3 is 2.42 bits per heavy atom. The first-order valence-corrected chi connectivity index (χ1v) is 9.64. The summed E-state index contributed by atoms with van der Waals surface area (Å²) in [4.78, 5) is 29.3. The van der Waals surface area contributed by atoms with Crippen molar-refractivity contribution in [2.24, 2.45) is 5.92 Å². The molecule has 24 heavy (non-hydrogen) atoms. The zero-order valence-corrected chi connectivity index (χ0v) is 14.5. The predicted octanol–water partition coefficient (Wildman–Crippen LogP) is 1.74. The largest absolute Gasteiger partial charge is 0.381 e. The second-order valence-corrected chi connectivity index (χ2v) is 7.91. The summed E-state index contributed by atoms with van der Waals surface area (Å²) in [6.45, 7) is 4.25. The molecule has 0 atom stereocenters. The summed E-state index contributed by atoms with van der Waals surface area (Å²) in [6.07, 6.45) is 8.64. The van der Waals surface area contributed by atoms with Crippen molar-refractivity contribution in [3.8, 4) is 0 Å². The van der Waals surface area contributed by atoms with Crippen LogP contribution in [0.2, 0.25) is 0 Å². The summed E-state index contributed by atoms with van der Waals surface area (Å²) in [6, 6.07) is 0.544. The molecule has 134 valence electrons. The van der Waals surface area contributed by atoms with Crippen molar-refractivity contribution >= 4 is 11.9 Å². The number of rotatable bonds is 4. The highest BCUT2D eigenvalue weighted by molar-refractivity contribution is 6.07. The maximum atomic E-state index is 12.6. The van der Waals surface area contributed by atoms with Gasteiger partial charge in [-0.15, -0.1) is 0 Å². The van der Waals surface area contributed by atoms with Gasteiger partial charge in [-0.05, 0) is 50.9 Å². The van der Waals surface area contributed by atoms with Crippen LogP contribution in [0.5, 0.6) is 0 Å². The fraction of sp³-hybridized carbons (Fsp3) is 0.889. The summed E-state index contributed by atoms with van der Waals surface area (Å²) in [5.74, 6) is 0.558. The van der Waals surface area contributed by atoms with Crippen LogP contribution in [0.1, 0.15) is 51.4 Å².